The van der Waals surface area contributed by atoms with E-state index in [4.69, 9.17) is 4.42 Å². The van der Waals surface area contributed by atoms with Gasteiger partial charge in [-0.1, -0.05) is 9.24 Å². The van der Waals surface area contributed by atoms with Gasteiger partial charge in [0.25, 0.3) is 5.89 Å². The molecule has 0 saturated heterocycles. The van der Waals surface area contributed by atoms with Crippen LogP contribution in [0.5, 0.6) is 5.75 Å². The number of hydrogen-bond acceptors (Lipinski definition) is 8. The fourth-order valence-electron chi connectivity index (χ4n) is 4.26. The zero-order chi connectivity index (χ0) is 25.7. The highest BCUT2D eigenvalue weighted by Gasteiger charge is 2.38. The first-order valence-electron chi connectivity index (χ1n) is 10.9. The monoisotopic (exact) mass is 531 g/mol. The molecule has 5 aromatic heterocycles. The Morgan fingerprint density at radius 2 is 2.08 bits per heavy atom. The van der Waals surface area contributed by atoms with Gasteiger partial charge in [0.15, 0.2) is 5.75 Å². The molecule has 12 nitrogen and oxygen atoms in total. The van der Waals surface area contributed by atoms with Gasteiger partial charge in [-0.3, -0.25) is 4.79 Å². The van der Waals surface area contributed by atoms with Crippen molar-refractivity contribution in [1.29, 1.82) is 0 Å². The second-order valence-corrected chi connectivity index (χ2v) is 8.58. The molecule has 2 unspecified atom stereocenters. The number of pyridine rings is 1. The number of aromatic nitrogens is 8. The third-order valence-electron chi connectivity index (χ3n) is 5.85. The molecule has 6 heterocycles. The number of ether oxygens (including phenoxy) is 1. The number of halogens is 3. The van der Waals surface area contributed by atoms with Gasteiger partial charge in [0.05, 0.1) is 17.7 Å². The molecule has 0 saturated carbocycles. The number of imidazole rings is 1. The van der Waals surface area contributed by atoms with E-state index in [-0.39, 0.29) is 29.8 Å². The lowest BCUT2D eigenvalue weighted by atomic mass is 9.99. The minimum Gasteiger partial charge on any atom is -0.433 e. The largest absolute Gasteiger partial charge is 0.433 e. The fraction of sp³-hybridized carbons (Fsp3) is 0.238. The lowest BCUT2D eigenvalue weighted by Gasteiger charge is -2.32. The quantitative estimate of drug-likeness (QED) is 0.331. The number of alkyl halides is 3. The van der Waals surface area contributed by atoms with Crippen LogP contribution in [0.25, 0.3) is 17.1 Å². The highest BCUT2D eigenvalue weighted by atomic mass is 31.0. The summed E-state index contributed by atoms with van der Waals surface area (Å²) in [6, 6.07) is 3.75. The van der Waals surface area contributed by atoms with Crippen molar-refractivity contribution < 1.29 is 27.1 Å². The van der Waals surface area contributed by atoms with Crippen molar-refractivity contribution in [3.05, 3.63) is 66.0 Å². The highest BCUT2D eigenvalue weighted by Crippen LogP contribution is 2.35. The Bertz CT molecular complexity index is 1590. The van der Waals surface area contributed by atoms with E-state index in [1.54, 1.807) is 12.3 Å². The Hall–Kier alpha value is -4.26. The van der Waals surface area contributed by atoms with Gasteiger partial charge in [-0.05, 0) is 24.3 Å². The molecule has 1 amide bonds. The lowest BCUT2D eigenvalue weighted by molar-refractivity contribution is -0.0490. The average Bonchev–Trinajstić information content (AvgIpc) is 3.67. The summed E-state index contributed by atoms with van der Waals surface area (Å²) in [4.78, 5) is 22.5. The van der Waals surface area contributed by atoms with Gasteiger partial charge in [-0.15, -0.1) is 10.2 Å². The molecule has 0 spiro atoms. The standard InChI is InChI=1S/C21H17F3N9O3P/c22-20(23)35-14-2-1-5-32-13(14)8-12(30-32)16-15-10(25-9-26-15)3-6-31(16)19(34)18-28-27-17(36-18)11-4-7-33(29-11)21(24)37/h1-2,4-5,7-9,16,20-21H,3,6,37H2,(H,25,26)/t16-,21?/m1/s1. The van der Waals surface area contributed by atoms with Crippen molar-refractivity contribution in [2.75, 3.05) is 6.54 Å². The molecular weight excluding hydrogens is 514 g/mol. The summed E-state index contributed by atoms with van der Waals surface area (Å²) >= 11 is 0. The van der Waals surface area contributed by atoms with Gasteiger partial charge in [0.2, 0.25) is 6.04 Å². The Balaban J connectivity index is 1.37. The van der Waals surface area contributed by atoms with E-state index in [0.717, 1.165) is 10.4 Å². The second-order valence-electron chi connectivity index (χ2n) is 8.03. The molecule has 0 fully saturated rings. The SMILES string of the molecule is O=C(c1nnc(-c2ccn(C(F)P)n2)o1)N1CCc2[nH]cnc2[C@H]1c1cc2c(OC(F)F)cccn2n1. The van der Waals surface area contributed by atoms with E-state index in [1.165, 1.54) is 40.1 Å². The van der Waals surface area contributed by atoms with Crippen LogP contribution in [0, 0.1) is 0 Å². The Kier molecular flexibility index (Phi) is 5.63. The number of amides is 1. The smallest absolute Gasteiger partial charge is 0.387 e. The summed E-state index contributed by atoms with van der Waals surface area (Å²) in [7, 11) is 1.96. The third-order valence-corrected chi connectivity index (χ3v) is 6.16. The van der Waals surface area contributed by atoms with Crippen molar-refractivity contribution in [3.63, 3.8) is 0 Å². The number of aromatic amines is 1. The maximum absolute atomic E-state index is 13.5. The Morgan fingerprint density at radius 3 is 2.86 bits per heavy atom. The van der Waals surface area contributed by atoms with Gasteiger partial charge >= 0.3 is 18.4 Å². The van der Waals surface area contributed by atoms with Crippen molar-refractivity contribution in [2.45, 2.75) is 25.1 Å². The summed E-state index contributed by atoms with van der Waals surface area (Å²) in [6.07, 6.45) is 4.96. The van der Waals surface area contributed by atoms with E-state index in [9.17, 15) is 18.0 Å². The molecule has 0 aromatic carbocycles. The van der Waals surface area contributed by atoms with Crippen LogP contribution in [0.1, 0.15) is 39.8 Å². The number of nitrogens with one attached hydrogen (secondary N) is 1. The number of carbonyl (C=O) groups excluding carboxylic acids is 1. The summed E-state index contributed by atoms with van der Waals surface area (Å²) < 4.78 is 52.0. The predicted octanol–water partition coefficient (Wildman–Crippen LogP) is 2.99. The molecule has 1 aliphatic heterocycles. The zero-order valence-electron chi connectivity index (χ0n) is 18.7. The summed E-state index contributed by atoms with van der Waals surface area (Å²) in [5, 5.41) is 16.3. The van der Waals surface area contributed by atoms with E-state index in [1.807, 2.05) is 9.24 Å². The van der Waals surface area contributed by atoms with E-state index in [0.29, 0.717) is 23.3 Å². The first kappa shape index (κ1) is 23.2. The van der Waals surface area contributed by atoms with Crippen LogP contribution in [-0.4, -0.2) is 63.5 Å². The molecular formula is C21H17F3N9O3P. The third kappa shape index (κ3) is 4.10. The van der Waals surface area contributed by atoms with E-state index >= 15 is 0 Å². The van der Waals surface area contributed by atoms with E-state index in [2.05, 4.69) is 35.1 Å². The van der Waals surface area contributed by atoms with Crippen LogP contribution in [0.4, 0.5) is 13.2 Å². The predicted molar refractivity (Wildman–Crippen MR) is 122 cm³/mol. The normalized spacial score (nSPS) is 16.4. The molecule has 1 N–H and O–H groups in total. The highest BCUT2D eigenvalue weighted by molar-refractivity contribution is 7.16. The summed E-state index contributed by atoms with van der Waals surface area (Å²) in [5.41, 5.74) is 2.23. The number of hydrogen-bond donors (Lipinski definition) is 1. The van der Waals surface area contributed by atoms with Gasteiger partial charge in [0, 0.05) is 31.1 Å². The summed E-state index contributed by atoms with van der Waals surface area (Å²) in [6.45, 7) is -2.75. The van der Waals surface area contributed by atoms with Crippen molar-refractivity contribution in [2.24, 2.45) is 0 Å². The first-order chi connectivity index (χ1) is 17.9. The molecule has 16 heteroatoms. The van der Waals surface area contributed by atoms with Gasteiger partial charge in [0.1, 0.15) is 17.3 Å². The maximum atomic E-state index is 13.5. The molecule has 3 atom stereocenters. The van der Waals surface area contributed by atoms with Crippen molar-refractivity contribution >= 4 is 20.7 Å². The van der Waals surface area contributed by atoms with Crippen LogP contribution in [0.15, 0.2) is 47.4 Å². The van der Waals surface area contributed by atoms with E-state index < -0.39 is 24.6 Å². The van der Waals surface area contributed by atoms with Crippen LogP contribution >= 0.6 is 9.24 Å². The molecule has 0 radical (unpaired) electrons. The topological polar surface area (TPSA) is 132 Å². The van der Waals surface area contributed by atoms with Crippen LogP contribution < -0.4 is 4.74 Å². The number of fused-ring (bicyclic) bond motifs is 2. The van der Waals surface area contributed by atoms with Gasteiger partial charge in [-0.25, -0.2) is 18.6 Å². The molecule has 1 aliphatic rings. The fourth-order valence-corrected chi connectivity index (χ4v) is 4.42. The van der Waals surface area contributed by atoms with Gasteiger partial charge < -0.3 is 19.0 Å². The van der Waals surface area contributed by atoms with Crippen LogP contribution in [-0.2, 0) is 6.42 Å². The minimum atomic E-state index is -3.01. The van der Waals surface area contributed by atoms with Crippen molar-refractivity contribution in [3.8, 4) is 17.3 Å². The number of H-pyrrole nitrogens is 1. The maximum Gasteiger partial charge on any atom is 0.387 e. The van der Waals surface area contributed by atoms with Crippen molar-refractivity contribution in [1.82, 2.24) is 44.5 Å². The molecule has 5 aromatic rings. The Morgan fingerprint density at radius 1 is 1.22 bits per heavy atom. The molecule has 37 heavy (non-hydrogen) atoms. The zero-order valence-corrected chi connectivity index (χ0v) is 19.9. The first-order valence-corrected chi connectivity index (χ1v) is 11.6. The lowest BCUT2D eigenvalue weighted by Crippen LogP contribution is -2.41. The average molecular weight is 531 g/mol. The second kappa shape index (κ2) is 9.00. The molecule has 0 aliphatic carbocycles. The number of carbonyl (C=O) groups is 1. The molecule has 6 rings (SSSR count). The molecule has 190 valence electrons. The Labute approximate surface area is 207 Å². The minimum absolute atomic E-state index is 0.0525. The van der Waals surface area contributed by atoms with Gasteiger partial charge in [-0.2, -0.15) is 19.0 Å². The van der Waals surface area contributed by atoms with Crippen LogP contribution in [0.2, 0.25) is 0 Å². The summed E-state index contributed by atoms with van der Waals surface area (Å²) in [5.74, 6) is -1.01. The van der Waals surface area contributed by atoms with Crippen LogP contribution in [0.3, 0.4) is 0 Å². The number of rotatable bonds is 6. The number of nitrogens with zero attached hydrogens (tertiary/aromatic N) is 8. The molecule has 0 bridgehead atoms.